The van der Waals surface area contributed by atoms with Gasteiger partial charge in [0, 0.05) is 12.1 Å². The van der Waals surface area contributed by atoms with E-state index >= 15 is 0 Å². The van der Waals surface area contributed by atoms with E-state index in [0.717, 1.165) is 13.1 Å². The largest absolute Gasteiger partial charge is 0.315 e. The molecule has 0 aromatic heterocycles. The first kappa shape index (κ1) is 9.65. The zero-order valence-corrected chi connectivity index (χ0v) is 7.46. The maximum Gasteiger partial charge on any atom is 0.0277 e. The number of nitrogens with zero attached hydrogens (tertiary/aromatic N) is 1. The normalized spacial score (nSPS) is 9.23. The molecular formula is C10H13N3. The average molecular weight is 175 g/mol. The fraction of sp³-hybridized carbons (Fsp3) is 0.300. The molecule has 0 bridgehead atoms. The summed E-state index contributed by atoms with van der Waals surface area (Å²) in [4.78, 5) is 3.04. The summed E-state index contributed by atoms with van der Waals surface area (Å²) in [5.74, 6) is 0. The molecule has 0 saturated carbocycles. The standard InChI is InChI=1S/C10H13N3/c11-13-8-4-7-12-9-10-5-2-1-3-6-10/h1-3,5-6,11-12H,4,7,9H2. The molecule has 2 N–H and O–H groups in total. The highest BCUT2D eigenvalue weighted by molar-refractivity contribution is 5.49. The van der Waals surface area contributed by atoms with Crippen LogP contribution in [0.25, 0.3) is 0 Å². The molecule has 3 heteroatoms. The van der Waals surface area contributed by atoms with Crippen LogP contribution in [0.15, 0.2) is 30.3 Å². The fourth-order valence-electron chi connectivity index (χ4n) is 1.03. The first-order valence-electron chi connectivity index (χ1n) is 4.27. The van der Waals surface area contributed by atoms with E-state index in [-0.39, 0.29) is 0 Å². The molecule has 13 heavy (non-hydrogen) atoms. The van der Waals surface area contributed by atoms with E-state index < -0.39 is 0 Å². The van der Waals surface area contributed by atoms with Gasteiger partial charge in [-0.15, -0.1) is 0 Å². The molecule has 0 fully saturated rings. The lowest BCUT2D eigenvalue weighted by atomic mass is 10.2. The Hall–Kier alpha value is -1.44. The minimum Gasteiger partial charge on any atom is -0.315 e. The minimum atomic E-state index is 0.691. The summed E-state index contributed by atoms with van der Waals surface area (Å²) in [5.41, 5.74) is 7.76. The lowest BCUT2D eigenvalue weighted by molar-refractivity contribution is -0.114. The maximum absolute atomic E-state index is 6.49. The van der Waals surface area contributed by atoms with Crippen LogP contribution in [-0.2, 0) is 6.54 Å². The second-order valence-electron chi connectivity index (χ2n) is 2.68. The molecule has 0 saturated heterocycles. The highest BCUT2D eigenvalue weighted by Gasteiger charge is 1.87. The summed E-state index contributed by atoms with van der Waals surface area (Å²) in [6.45, 7) is 1.68. The van der Waals surface area contributed by atoms with Crippen LogP contribution in [-0.4, -0.2) is 17.5 Å². The minimum absolute atomic E-state index is 0.691. The fourth-order valence-corrected chi connectivity index (χ4v) is 1.03. The van der Waals surface area contributed by atoms with Crippen LogP contribution in [0, 0.1) is 5.53 Å². The van der Waals surface area contributed by atoms with E-state index in [1.165, 1.54) is 5.56 Å². The molecule has 0 heterocycles. The van der Waals surface area contributed by atoms with Crippen LogP contribution in [0.3, 0.4) is 0 Å². The van der Waals surface area contributed by atoms with Gasteiger partial charge >= 0.3 is 0 Å². The molecule has 0 aliphatic rings. The van der Waals surface area contributed by atoms with Crippen LogP contribution < -0.4 is 5.32 Å². The highest BCUT2D eigenvalue weighted by atomic mass is 14.9. The molecule has 1 rings (SSSR count). The predicted octanol–water partition coefficient (Wildman–Crippen LogP) is 1.35. The van der Waals surface area contributed by atoms with Crippen molar-refractivity contribution in [3.63, 3.8) is 0 Å². The predicted molar refractivity (Wildman–Crippen MR) is 50.8 cm³/mol. The molecule has 1 aromatic carbocycles. The second-order valence-corrected chi connectivity index (χ2v) is 2.68. The summed E-state index contributed by atoms with van der Waals surface area (Å²) in [5, 5.41) is 3.23. The number of rotatable bonds is 5. The van der Waals surface area contributed by atoms with Gasteiger partial charge in [-0.2, -0.15) is 4.79 Å². The second kappa shape index (κ2) is 6.12. The van der Waals surface area contributed by atoms with Gasteiger partial charge in [0.15, 0.2) is 0 Å². The van der Waals surface area contributed by atoms with Gasteiger partial charge in [0.2, 0.25) is 0 Å². The summed E-state index contributed by atoms with van der Waals surface area (Å²) >= 11 is 0. The van der Waals surface area contributed by atoms with E-state index in [9.17, 15) is 0 Å². The van der Waals surface area contributed by atoms with Gasteiger partial charge in [-0.25, -0.2) is 0 Å². The van der Waals surface area contributed by atoms with Crippen molar-refractivity contribution in [2.45, 2.75) is 13.0 Å². The summed E-state index contributed by atoms with van der Waals surface area (Å²) in [7, 11) is 0. The monoisotopic (exact) mass is 175 g/mol. The van der Waals surface area contributed by atoms with Crippen LogP contribution in [0.4, 0.5) is 0 Å². The molecule has 0 aliphatic carbocycles. The molecule has 3 nitrogen and oxygen atoms in total. The van der Waals surface area contributed by atoms with Crippen molar-refractivity contribution in [3.05, 3.63) is 35.9 Å². The van der Waals surface area contributed by atoms with E-state index in [0.29, 0.717) is 6.42 Å². The zero-order chi connectivity index (χ0) is 9.36. The molecule has 0 unspecified atom stereocenters. The molecule has 1 aromatic rings. The van der Waals surface area contributed by atoms with Crippen molar-refractivity contribution in [1.82, 2.24) is 5.32 Å². The Balaban J connectivity index is 2.17. The molecule has 0 atom stereocenters. The highest BCUT2D eigenvalue weighted by Crippen LogP contribution is 1.96. The zero-order valence-electron chi connectivity index (χ0n) is 7.46. The van der Waals surface area contributed by atoms with Gasteiger partial charge in [-0.05, 0) is 18.3 Å². The topological polar surface area (TPSA) is 50.0 Å². The summed E-state index contributed by atoms with van der Waals surface area (Å²) in [6, 6.07) is 10.2. The molecular weight excluding hydrogens is 162 g/mol. The Kier molecular flexibility index (Phi) is 4.54. The third-order valence-electron chi connectivity index (χ3n) is 1.66. The first-order valence-corrected chi connectivity index (χ1v) is 4.27. The van der Waals surface area contributed by atoms with E-state index in [1.54, 1.807) is 0 Å². The van der Waals surface area contributed by atoms with Crippen molar-refractivity contribution >= 4 is 6.21 Å². The van der Waals surface area contributed by atoms with Crippen molar-refractivity contribution in [2.75, 3.05) is 6.54 Å². The van der Waals surface area contributed by atoms with Crippen molar-refractivity contribution in [3.8, 4) is 0 Å². The Morgan fingerprint density at radius 3 is 2.77 bits per heavy atom. The first-order chi connectivity index (χ1) is 6.43. The number of hydrogen-bond acceptors (Lipinski definition) is 2. The Morgan fingerprint density at radius 2 is 2.08 bits per heavy atom. The van der Waals surface area contributed by atoms with Gasteiger partial charge in [0.1, 0.15) is 0 Å². The van der Waals surface area contributed by atoms with Gasteiger partial charge in [0.05, 0.1) is 0 Å². The Bertz CT molecular complexity index is 275. The van der Waals surface area contributed by atoms with E-state index in [4.69, 9.17) is 5.53 Å². The number of hydrogen-bond donors (Lipinski definition) is 2. The van der Waals surface area contributed by atoms with Crippen LogP contribution in [0.2, 0.25) is 0 Å². The summed E-state index contributed by atoms with van der Waals surface area (Å²) < 4.78 is 0. The van der Waals surface area contributed by atoms with Crippen LogP contribution >= 0.6 is 0 Å². The van der Waals surface area contributed by atoms with Gasteiger partial charge < -0.3 is 5.32 Å². The number of benzene rings is 1. The SMILES string of the molecule is N=[N+]=[C-]CCNCc1ccccc1. The van der Waals surface area contributed by atoms with Crippen molar-refractivity contribution in [1.29, 1.82) is 5.53 Å². The maximum atomic E-state index is 6.49. The van der Waals surface area contributed by atoms with Crippen LogP contribution in [0.5, 0.6) is 0 Å². The quantitative estimate of drug-likeness (QED) is 0.229. The third-order valence-corrected chi connectivity index (χ3v) is 1.66. The third kappa shape index (κ3) is 4.21. The van der Waals surface area contributed by atoms with E-state index in [2.05, 4.69) is 28.5 Å². The van der Waals surface area contributed by atoms with Crippen LogP contribution in [0.1, 0.15) is 12.0 Å². The van der Waals surface area contributed by atoms with Crippen molar-refractivity contribution < 1.29 is 4.79 Å². The smallest absolute Gasteiger partial charge is 0.0277 e. The lowest BCUT2D eigenvalue weighted by Crippen LogP contribution is -2.14. The van der Waals surface area contributed by atoms with Gasteiger partial charge in [0.25, 0.3) is 0 Å². The molecule has 0 amide bonds. The average Bonchev–Trinajstić information content (AvgIpc) is 2.19. The molecule has 0 radical (unpaired) electrons. The van der Waals surface area contributed by atoms with Gasteiger partial charge in [-0.1, -0.05) is 36.8 Å². The van der Waals surface area contributed by atoms with E-state index in [1.807, 2.05) is 18.2 Å². The van der Waals surface area contributed by atoms with Crippen molar-refractivity contribution in [2.24, 2.45) is 0 Å². The summed E-state index contributed by atoms with van der Waals surface area (Å²) in [6.07, 6.45) is 3.25. The van der Waals surface area contributed by atoms with Gasteiger partial charge in [-0.3, -0.25) is 0 Å². The Morgan fingerprint density at radius 1 is 1.31 bits per heavy atom. The number of nitrogens with one attached hydrogen (secondary N) is 2. The molecule has 0 spiro atoms. The lowest BCUT2D eigenvalue weighted by Gasteiger charge is -2.02. The molecule has 68 valence electrons. The Labute approximate surface area is 78.0 Å². The molecule has 0 aliphatic heterocycles.